The molecule has 8 heteroatoms. The van der Waals surface area contributed by atoms with E-state index in [-0.39, 0.29) is 12.2 Å². The predicted octanol–water partition coefficient (Wildman–Crippen LogP) is 4.67. The number of rotatable bonds is 5. The fourth-order valence-corrected chi connectivity index (χ4v) is 2.33. The molecule has 2 aromatic heterocycles. The molecule has 5 nitrogen and oxygen atoms in total. The molecule has 0 N–H and O–H groups in total. The number of halogens is 3. The van der Waals surface area contributed by atoms with Gasteiger partial charge in [0.2, 0.25) is 0 Å². The van der Waals surface area contributed by atoms with Crippen LogP contribution in [0.15, 0.2) is 53.2 Å². The van der Waals surface area contributed by atoms with Crippen LogP contribution < -0.4 is 0 Å². The lowest BCUT2D eigenvalue weighted by Crippen LogP contribution is -2.10. The van der Waals surface area contributed by atoms with Crippen molar-refractivity contribution in [3.05, 3.63) is 71.2 Å². The zero-order valence-corrected chi connectivity index (χ0v) is 14.3. The zero-order chi connectivity index (χ0) is 19.4. The summed E-state index contributed by atoms with van der Waals surface area (Å²) in [5, 5.41) is 3.93. The van der Waals surface area contributed by atoms with Gasteiger partial charge in [0.1, 0.15) is 11.4 Å². The van der Waals surface area contributed by atoms with E-state index >= 15 is 0 Å². The molecule has 0 aliphatic heterocycles. The first-order chi connectivity index (χ1) is 12.9. The van der Waals surface area contributed by atoms with Gasteiger partial charge in [0.15, 0.2) is 12.4 Å². The average Bonchev–Trinajstić information content (AvgIpc) is 3.14. The van der Waals surface area contributed by atoms with Gasteiger partial charge in [0.25, 0.3) is 0 Å². The molecule has 0 saturated carbocycles. The van der Waals surface area contributed by atoms with E-state index in [2.05, 4.69) is 17.1 Å². The average molecular weight is 376 g/mol. The van der Waals surface area contributed by atoms with Gasteiger partial charge in [-0.25, -0.2) is 4.79 Å². The van der Waals surface area contributed by atoms with Crippen molar-refractivity contribution in [2.75, 3.05) is 0 Å². The number of pyridine rings is 1. The summed E-state index contributed by atoms with van der Waals surface area (Å²) in [6, 6.07) is 11.2. The topological polar surface area (TPSA) is 65.2 Å². The van der Waals surface area contributed by atoms with Crippen molar-refractivity contribution in [2.45, 2.75) is 26.1 Å². The second-order valence-electron chi connectivity index (χ2n) is 5.73. The van der Waals surface area contributed by atoms with Crippen molar-refractivity contribution in [3.8, 4) is 11.3 Å². The van der Waals surface area contributed by atoms with E-state index in [1.165, 1.54) is 5.56 Å². The van der Waals surface area contributed by atoms with Gasteiger partial charge in [-0.15, -0.1) is 0 Å². The van der Waals surface area contributed by atoms with Gasteiger partial charge in [-0.1, -0.05) is 36.3 Å². The van der Waals surface area contributed by atoms with E-state index in [1.54, 1.807) is 6.07 Å². The van der Waals surface area contributed by atoms with Crippen LogP contribution >= 0.6 is 0 Å². The molecule has 3 rings (SSSR count). The number of benzene rings is 1. The van der Waals surface area contributed by atoms with Crippen molar-refractivity contribution in [1.82, 2.24) is 10.1 Å². The molecule has 0 radical (unpaired) electrons. The maximum absolute atomic E-state index is 12.5. The van der Waals surface area contributed by atoms with Crippen LogP contribution in [0, 0.1) is 0 Å². The number of nitrogens with zero attached hydrogens (tertiary/aromatic N) is 2. The SMILES string of the molecule is CCc1ccc(-c2cc(COC(=O)c3ccc(C(F)(F)F)nc3)on2)cc1. The third-order valence-electron chi connectivity index (χ3n) is 3.85. The highest BCUT2D eigenvalue weighted by Crippen LogP contribution is 2.27. The molecule has 140 valence electrons. The molecule has 1 aromatic carbocycles. The van der Waals surface area contributed by atoms with Crippen molar-refractivity contribution in [3.63, 3.8) is 0 Å². The van der Waals surface area contributed by atoms with Gasteiger partial charge in [0.05, 0.1) is 5.56 Å². The normalized spacial score (nSPS) is 11.4. The van der Waals surface area contributed by atoms with Gasteiger partial charge in [-0.2, -0.15) is 13.2 Å². The number of carbonyl (C=O) groups is 1. The number of carbonyl (C=O) groups excluding carboxylic acids is 1. The second-order valence-corrected chi connectivity index (χ2v) is 5.73. The summed E-state index contributed by atoms with van der Waals surface area (Å²) in [6.45, 7) is 1.86. The molecule has 0 atom stereocenters. The number of hydrogen-bond donors (Lipinski definition) is 0. The summed E-state index contributed by atoms with van der Waals surface area (Å²) in [5.41, 5.74) is 1.49. The maximum Gasteiger partial charge on any atom is 0.433 e. The Kier molecular flexibility index (Phi) is 5.25. The predicted molar refractivity (Wildman–Crippen MR) is 89.7 cm³/mol. The van der Waals surface area contributed by atoms with E-state index < -0.39 is 17.8 Å². The van der Waals surface area contributed by atoms with Crippen molar-refractivity contribution >= 4 is 5.97 Å². The zero-order valence-electron chi connectivity index (χ0n) is 14.3. The first-order valence-corrected chi connectivity index (χ1v) is 8.12. The van der Waals surface area contributed by atoms with Crippen LogP contribution in [0.2, 0.25) is 0 Å². The molecular formula is C19H15F3N2O3. The number of esters is 1. The summed E-state index contributed by atoms with van der Waals surface area (Å²) in [6.07, 6.45) is -2.81. The van der Waals surface area contributed by atoms with Gasteiger partial charge < -0.3 is 9.26 Å². The fraction of sp³-hybridized carbons (Fsp3) is 0.211. The molecule has 0 bridgehead atoms. The Hall–Kier alpha value is -3.16. The van der Waals surface area contributed by atoms with Crippen LogP contribution in [-0.4, -0.2) is 16.1 Å². The number of aromatic nitrogens is 2. The van der Waals surface area contributed by atoms with E-state index in [0.29, 0.717) is 11.5 Å². The molecule has 0 amide bonds. The summed E-state index contributed by atoms with van der Waals surface area (Å²) in [4.78, 5) is 15.1. The molecular weight excluding hydrogens is 361 g/mol. The quantitative estimate of drug-likeness (QED) is 0.605. The minimum absolute atomic E-state index is 0.0853. The third-order valence-corrected chi connectivity index (χ3v) is 3.85. The standard InChI is InChI=1S/C19H15F3N2O3/c1-2-12-3-5-13(6-4-12)16-9-15(27-24-16)11-26-18(25)14-7-8-17(23-10-14)19(20,21)22/h3-10H,2,11H2,1H3. The van der Waals surface area contributed by atoms with Crippen LogP contribution in [0.5, 0.6) is 0 Å². The Bertz CT molecular complexity index is 917. The molecule has 0 aliphatic rings. The Morgan fingerprint density at radius 3 is 2.48 bits per heavy atom. The molecule has 0 fully saturated rings. The summed E-state index contributed by atoms with van der Waals surface area (Å²) in [5.74, 6) is -0.487. The summed E-state index contributed by atoms with van der Waals surface area (Å²) in [7, 11) is 0. The summed E-state index contributed by atoms with van der Waals surface area (Å²) < 4.78 is 47.6. The van der Waals surface area contributed by atoms with Gasteiger partial charge in [-0.05, 0) is 24.1 Å². The van der Waals surface area contributed by atoms with E-state index in [0.717, 1.165) is 30.3 Å². The highest BCUT2D eigenvalue weighted by atomic mass is 19.4. The molecule has 2 heterocycles. The summed E-state index contributed by atoms with van der Waals surface area (Å²) >= 11 is 0. The Labute approximate surface area is 152 Å². The third kappa shape index (κ3) is 4.52. The minimum Gasteiger partial charge on any atom is -0.454 e. The van der Waals surface area contributed by atoms with Crippen molar-refractivity contribution in [1.29, 1.82) is 0 Å². The smallest absolute Gasteiger partial charge is 0.433 e. The number of aryl methyl sites for hydroxylation is 1. The van der Waals surface area contributed by atoms with Crippen LogP contribution in [-0.2, 0) is 23.9 Å². The van der Waals surface area contributed by atoms with Gasteiger partial charge in [0, 0.05) is 17.8 Å². The number of ether oxygens (including phenoxy) is 1. The molecule has 27 heavy (non-hydrogen) atoms. The molecule has 0 aliphatic carbocycles. The lowest BCUT2D eigenvalue weighted by molar-refractivity contribution is -0.141. The Balaban J connectivity index is 1.61. The van der Waals surface area contributed by atoms with Crippen LogP contribution in [0.25, 0.3) is 11.3 Å². The van der Waals surface area contributed by atoms with E-state index in [4.69, 9.17) is 9.26 Å². The van der Waals surface area contributed by atoms with Crippen molar-refractivity contribution in [2.24, 2.45) is 0 Å². The van der Waals surface area contributed by atoms with Crippen LogP contribution in [0.3, 0.4) is 0 Å². The second kappa shape index (κ2) is 7.61. The number of hydrogen-bond acceptors (Lipinski definition) is 5. The minimum atomic E-state index is -4.56. The molecule has 0 saturated heterocycles. The first kappa shape index (κ1) is 18.6. The fourth-order valence-electron chi connectivity index (χ4n) is 2.33. The van der Waals surface area contributed by atoms with E-state index in [1.807, 2.05) is 24.3 Å². The first-order valence-electron chi connectivity index (χ1n) is 8.12. The maximum atomic E-state index is 12.5. The Morgan fingerprint density at radius 1 is 1.15 bits per heavy atom. The van der Waals surface area contributed by atoms with Gasteiger partial charge >= 0.3 is 12.1 Å². The lowest BCUT2D eigenvalue weighted by Gasteiger charge is -2.06. The van der Waals surface area contributed by atoms with Crippen LogP contribution in [0.4, 0.5) is 13.2 Å². The highest BCUT2D eigenvalue weighted by molar-refractivity contribution is 5.88. The van der Waals surface area contributed by atoms with Crippen molar-refractivity contribution < 1.29 is 27.2 Å². The lowest BCUT2D eigenvalue weighted by atomic mass is 10.1. The van der Waals surface area contributed by atoms with Crippen LogP contribution in [0.1, 0.15) is 34.3 Å². The largest absolute Gasteiger partial charge is 0.454 e. The van der Waals surface area contributed by atoms with E-state index in [9.17, 15) is 18.0 Å². The monoisotopic (exact) mass is 376 g/mol. The Morgan fingerprint density at radius 2 is 1.89 bits per heavy atom. The van der Waals surface area contributed by atoms with Gasteiger partial charge in [-0.3, -0.25) is 4.98 Å². The number of alkyl halides is 3. The molecule has 0 unspecified atom stereocenters. The molecule has 0 spiro atoms. The highest BCUT2D eigenvalue weighted by Gasteiger charge is 2.32. The molecule has 3 aromatic rings.